The van der Waals surface area contributed by atoms with E-state index in [4.69, 9.17) is 9.47 Å². The van der Waals surface area contributed by atoms with Crippen molar-refractivity contribution in [3.8, 4) is 11.5 Å². The lowest BCUT2D eigenvalue weighted by molar-refractivity contribution is -0.149. The highest BCUT2D eigenvalue weighted by Crippen LogP contribution is 2.49. The minimum Gasteiger partial charge on any atom is -0.481 e. The molecule has 1 aromatic carbocycles. The van der Waals surface area contributed by atoms with E-state index in [1.54, 1.807) is 23.1 Å². The first-order valence-corrected chi connectivity index (χ1v) is 7.52. The summed E-state index contributed by atoms with van der Waals surface area (Å²) >= 11 is 0. The molecule has 0 spiro atoms. The number of rotatable bonds is 2. The van der Waals surface area contributed by atoms with Gasteiger partial charge in [0, 0.05) is 18.7 Å². The van der Waals surface area contributed by atoms with Crippen LogP contribution in [0.1, 0.15) is 29.6 Å². The Morgan fingerprint density at radius 1 is 1.27 bits per heavy atom. The number of carbonyl (C=O) groups is 2. The lowest BCUT2D eigenvalue weighted by Gasteiger charge is -2.23. The first-order valence-electron chi connectivity index (χ1n) is 7.52. The molecule has 1 aromatic rings. The van der Waals surface area contributed by atoms with Gasteiger partial charge in [0.05, 0.1) is 5.41 Å². The average molecular weight is 303 g/mol. The Hall–Kier alpha value is -2.24. The number of ether oxygens (including phenoxy) is 2. The van der Waals surface area contributed by atoms with Crippen LogP contribution in [-0.4, -0.2) is 41.8 Å². The molecule has 3 aliphatic rings. The van der Waals surface area contributed by atoms with Crippen molar-refractivity contribution in [3.05, 3.63) is 23.8 Å². The second-order valence-corrected chi connectivity index (χ2v) is 6.30. The zero-order chi connectivity index (χ0) is 15.3. The maximum Gasteiger partial charge on any atom is 0.311 e. The number of hydrogen-bond donors (Lipinski definition) is 1. The SMILES string of the molecule is O=C(c1ccc2c(c1)OCO2)N1C[C@@H]2CCC[C@@]2(C(=O)O)C1. The minimum absolute atomic E-state index is 0.0722. The van der Waals surface area contributed by atoms with Crippen LogP contribution in [0.5, 0.6) is 11.5 Å². The molecule has 4 rings (SSSR count). The standard InChI is InChI=1S/C16H17NO5/c18-14(10-3-4-12-13(6-10)22-9-21-12)17-7-11-2-1-5-16(11,8-17)15(19)20/h3-4,6,11H,1-2,5,7-9H2,(H,19,20)/t11-,16+/m0/s1. The fourth-order valence-electron chi connectivity index (χ4n) is 4.01. The van der Waals surface area contributed by atoms with Crippen molar-refractivity contribution in [2.75, 3.05) is 19.9 Å². The number of aliphatic carboxylic acids is 1. The zero-order valence-electron chi connectivity index (χ0n) is 12.1. The Morgan fingerprint density at radius 2 is 2.09 bits per heavy atom. The van der Waals surface area contributed by atoms with E-state index in [1.165, 1.54) is 0 Å². The quantitative estimate of drug-likeness (QED) is 0.900. The summed E-state index contributed by atoms with van der Waals surface area (Å²) in [6.07, 6.45) is 2.48. The minimum atomic E-state index is -0.768. The van der Waals surface area contributed by atoms with Gasteiger partial charge in [0.1, 0.15) is 0 Å². The molecule has 0 aromatic heterocycles. The van der Waals surface area contributed by atoms with Crippen molar-refractivity contribution in [2.24, 2.45) is 11.3 Å². The molecule has 0 radical (unpaired) electrons. The van der Waals surface area contributed by atoms with Crippen molar-refractivity contribution < 1.29 is 24.2 Å². The summed E-state index contributed by atoms with van der Waals surface area (Å²) in [6, 6.07) is 5.10. The molecule has 6 nitrogen and oxygen atoms in total. The van der Waals surface area contributed by atoms with Gasteiger partial charge in [-0.05, 0) is 37.0 Å². The fraction of sp³-hybridized carbons (Fsp3) is 0.500. The summed E-state index contributed by atoms with van der Waals surface area (Å²) in [4.78, 5) is 26.0. The van der Waals surface area contributed by atoms with E-state index >= 15 is 0 Å². The molecule has 0 bridgehead atoms. The third-order valence-electron chi connectivity index (χ3n) is 5.20. The average Bonchev–Trinajstić information content (AvgIpc) is 3.18. The number of benzene rings is 1. The molecule has 0 unspecified atom stereocenters. The van der Waals surface area contributed by atoms with Crippen molar-refractivity contribution >= 4 is 11.9 Å². The number of carboxylic acid groups (broad SMARTS) is 1. The lowest BCUT2D eigenvalue weighted by Crippen LogP contribution is -2.37. The number of fused-ring (bicyclic) bond motifs is 2. The first-order chi connectivity index (χ1) is 10.6. The topological polar surface area (TPSA) is 76.1 Å². The summed E-state index contributed by atoms with van der Waals surface area (Å²) in [5.74, 6) is 0.377. The van der Waals surface area contributed by atoms with Crippen LogP contribution in [0, 0.1) is 11.3 Å². The maximum atomic E-state index is 12.7. The smallest absolute Gasteiger partial charge is 0.311 e. The summed E-state index contributed by atoms with van der Waals surface area (Å²) in [7, 11) is 0. The maximum absolute atomic E-state index is 12.7. The molecule has 2 heterocycles. The highest BCUT2D eigenvalue weighted by Gasteiger charge is 2.55. The van der Waals surface area contributed by atoms with E-state index in [-0.39, 0.29) is 18.6 Å². The highest BCUT2D eigenvalue weighted by atomic mass is 16.7. The normalized spacial score (nSPS) is 28.7. The zero-order valence-corrected chi connectivity index (χ0v) is 12.1. The van der Waals surface area contributed by atoms with Gasteiger partial charge in [0.25, 0.3) is 5.91 Å². The van der Waals surface area contributed by atoms with Crippen LogP contribution in [0.25, 0.3) is 0 Å². The lowest BCUT2D eigenvalue weighted by atomic mass is 9.81. The molecule has 2 fully saturated rings. The Labute approximate surface area is 127 Å². The number of carboxylic acids is 1. The van der Waals surface area contributed by atoms with Crippen LogP contribution in [0.15, 0.2) is 18.2 Å². The second kappa shape index (κ2) is 4.63. The van der Waals surface area contributed by atoms with Gasteiger partial charge in [0.15, 0.2) is 11.5 Å². The van der Waals surface area contributed by atoms with Crippen LogP contribution in [0.4, 0.5) is 0 Å². The van der Waals surface area contributed by atoms with E-state index in [0.717, 1.165) is 12.8 Å². The largest absolute Gasteiger partial charge is 0.481 e. The van der Waals surface area contributed by atoms with E-state index in [1.807, 2.05) is 0 Å². The Balaban J connectivity index is 1.58. The van der Waals surface area contributed by atoms with Gasteiger partial charge >= 0.3 is 5.97 Å². The third kappa shape index (κ3) is 1.79. The fourth-order valence-corrected chi connectivity index (χ4v) is 4.01. The van der Waals surface area contributed by atoms with Crippen LogP contribution in [0.3, 0.4) is 0 Å². The van der Waals surface area contributed by atoms with Crippen LogP contribution in [0.2, 0.25) is 0 Å². The third-order valence-corrected chi connectivity index (χ3v) is 5.20. The van der Waals surface area contributed by atoms with E-state index < -0.39 is 11.4 Å². The van der Waals surface area contributed by atoms with Crippen LogP contribution >= 0.6 is 0 Å². The van der Waals surface area contributed by atoms with Gasteiger partial charge in [-0.25, -0.2) is 0 Å². The molecule has 1 N–H and O–H groups in total. The van der Waals surface area contributed by atoms with Crippen LogP contribution in [-0.2, 0) is 4.79 Å². The van der Waals surface area contributed by atoms with Gasteiger partial charge < -0.3 is 19.5 Å². The van der Waals surface area contributed by atoms with Gasteiger partial charge in [-0.1, -0.05) is 6.42 Å². The number of hydrogen-bond acceptors (Lipinski definition) is 4. The first kappa shape index (κ1) is 13.4. The number of nitrogens with zero attached hydrogens (tertiary/aromatic N) is 1. The molecule has 1 saturated heterocycles. The van der Waals surface area contributed by atoms with Gasteiger partial charge in [-0.2, -0.15) is 0 Å². The summed E-state index contributed by atoms with van der Waals surface area (Å²) in [5, 5.41) is 9.60. The molecule has 116 valence electrons. The van der Waals surface area contributed by atoms with Gasteiger partial charge in [-0.3, -0.25) is 9.59 Å². The highest BCUT2D eigenvalue weighted by molar-refractivity contribution is 5.96. The molecule has 22 heavy (non-hydrogen) atoms. The Kier molecular flexibility index (Phi) is 2.82. The molecular weight excluding hydrogens is 286 g/mol. The molecule has 2 aliphatic heterocycles. The van der Waals surface area contributed by atoms with Crippen molar-refractivity contribution in [2.45, 2.75) is 19.3 Å². The molecule has 6 heteroatoms. The molecule has 2 atom stereocenters. The van der Waals surface area contributed by atoms with E-state index in [9.17, 15) is 14.7 Å². The predicted octanol–water partition coefficient (Wildman–Crippen LogP) is 1.74. The molecule has 1 amide bonds. The monoisotopic (exact) mass is 303 g/mol. The number of carbonyl (C=O) groups excluding carboxylic acids is 1. The van der Waals surface area contributed by atoms with Gasteiger partial charge in [0.2, 0.25) is 6.79 Å². The summed E-state index contributed by atoms with van der Waals surface area (Å²) in [5.41, 5.74) is -0.226. The van der Waals surface area contributed by atoms with Gasteiger partial charge in [-0.15, -0.1) is 0 Å². The Morgan fingerprint density at radius 3 is 2.86 bits per heavy atom. The second-order valence-electron chi connectivity index (χ2n) is 6.30. The summed E-state index contributed by atoms with van der Waals surface area (Å²) < 4.78 is 10.5. The molecular formula is C16H17NO5. The molecule has 1 aliphatic carbocycles. The molecule has 1 saturated carbocycles. The van der Waals surface area contributed by atoms with Crippen molar-refractivity contribution in [1.29, 1.82) is 0 Å². The van der Waals surface area contributed by atoms with E-state index in [0.29, 0.717) is 36.6 Å². The van der Waals surface area contributed by atoms with Crippen molar-refractivity contribution in [1.82, 2.24) is 4.90 Å². The van der Waals surface area contributed by atoms with Crippen molar-refractivity contribution in [3.63, 3.8) is 0 Å². The summed E-state index contributed by atoms with van der Waals surface area (Å²) in [6.45, 7) is 1.00. The number of likely N-dealkylation sites (tertiary alicyclic amines) is 1. The Bertz CT molecular complexity index is 658. The van der Waals surface area contributed by atoms with E-state index in [2.05, 4.69) is 0 Å². The number of amides is 1. The predicted molar refractivity (Wildman–Crippen MR) is 75.9 cm³/mol. The van der Waals surface area contributed by atoms with Crippen LogP contribution < -0.4 is 9.47 Å².